The fraction of sp³-hybridized carbons (Fsp3) is 0.625. The maximum Gasteiger partial charge on any atom is 0.422 e. The number of hydrogen-bond donors (Lipinski definition) is 1. The number of ketones is 1. The van der Waals surface area contributed by atoms with Gasteiger partial charge in [0.2, 0.25) is 5.78 Å². The minimum absolute atomic E-state index is 0.0459. The molecule has 1 N–H and O–H groups in total. The van der Waals surface area contributed by atoms with Gasteiger partial charge in [0.15, 0.2) is 12.4 Å². The Bertz CT molecular complexity index is 275. The van der Waals surface area contributed by atoms with Gasteiger partial charge in [-0.05, 0) is 0 Å². The molecular formula is C8H10F3NO3. The van der Waals surface area contributed by atoms with Crippen LogP contribution in [0.1, 0.15) is 6.42 Å². The number of aliphatic hydroxyl groups excluding tert-OH is 1. The SMILES string of the molecule is O=C1CCN(CO)C=C1OCC(F)(F)F. The van der Waals surface area contributed by atoms with Gasteiger partial charge in [-0.3, -0.25) is 4.79 Å². The zero-order valence-corrected chi connectivity index (χ0v) is 7.75. The van der Waals surface area contributed by atoms with Gasteiger partial charge in [0.1, 0.15) is 6.73 Å². The van der Waals surface area contributed by atoms with Crippen molar-refractivity contribution in [2.45, 2.75) is 12.6 Å². The highest BCUT2D eigenvalue weighted by Crippen LogP contribution is 2.19. The minimum atomic E-state index is -4.47. The van der Waals surface area contributed by atoms with Crippen LogP contribution in [0.5, 0.6) is 0 Å². The maximum absolute atomic E-state index is 11.8. The number of carbonyl (C=O) groups excluding carboxylic acids is 1. The smallest absolute Gasteiger partial charge is 0.422 e. The highest BCUT2D eigenvalue weighted by atomic mass is 19.4. The average molecular weight is 225 g/mol. The van der Waals surface area contributed by atoms with E-state index in [1.54, 1.807) is 0 Å². The number of aliphatic hydroxyl groups is 1. The predicted molar refractivity (Wildman–Crippen MR) is 43.5 cm³/mol. The normalized spacial score (nSPS) is 17.7. The molecule has 0 bridgehead atoms. The van der Waals surface area contributed by atoms with Crippen LogP contribution in [0.2, 0.25) is 0 Å². The second kappa shape index (κ2) is 4.52. The molecule has 0 aliphatic carbocycles. The Hall–Kier alpha value is -1.24. The Morgan fingerprint density at radius 1 is 1.53 bits per heavy atom. The second-order valence-electron chi connectivity index (χ2n) is 3.02. The minimum Gasteiger partial charge on any atom is -0.479 e. The molecular weight excluding hydrogens is 215 g/mol. The number of allylic oxidation sites excluding steroid dienone is 1. The molecule has 1 aliphatic heterocycles. The van der Waals surface area contributed by atoms with E-state index >= 15 is 0 Å². The monoisotopic (exact) mass is 225 g/mol. The van der Waals surface area contributed by atoms with Crippen molar-refractivity contribution in [3.8, 4) is 0 Å². The van der Waals surface area contributed by atoms with Crippen molar-refractivity contribution in [2.75, 3.05) is 19.9 Å². The van der Waals surface area contributed by atoms with Crippen molar-refractivity contribution < 1.29 is 27.8 Å². The molecule has 1 aliphatic rings. The van der Waals surface area contributed by atoms with E-state index in [9.17, 15) is 18.0 Å². The molecule has 7 heteroatoms. The summed E-state index contributed by atoms with van der Waals surface area (Å²) >= 11 is 0. The van der Waals surface area contributed by atoms with Gasteiger partial charge in [-0.2, -0.15) is 13.2 Å². The molecule has 1 rings (SSSR count). The molecule has 0 radical (unpaired) electrons. The van der Waals surface area contributed by atoms with Crippen LogP contribution in [0.25, 0.3) is 0 Å². The van der Waals surface area contributed by atoms with Crippen LogP contribution >= 0.6 is 0 Å². The van der Waals surface area contributed by atoms with Crippen molar-refractivity contribution in [1.29, 1.82) is 0 Å². The lowest BCUT2D eigenvalue weighted by atomic mass is 10.2. The van der Waals surface area contributed by atoms with Gasteiger partial charge >= 0.3 is 6.18 Å². The van der Waals surface area contributed by atoms with E-state index in [4.69, 9.17) is 5.11 Å². The zero-order valence-electron chi connectivity index (χ0n) is 7.75. The summed E-state index contributed by atoms with van der Waals surface area (Å²) in [6.45, 7) is -1.57. The van der Waals surface area contributed by atoms with Gasteiger partial charge in [0, 0.05) is 19.2 Å². The van der Waals surface area contributed by atoms with Gasteiger partial charge in [-0.15, -0.1) is 0 Å². The van der Waals surface area contributed by atoms with Gasteiger partial charge in [-0.1, -0.05) is 0 Å². The third kappa shape index (κ3) is 3.78. The topological polar surface area (TPSA) is 49.8 Å². The average Bonchev–Trinajstić information content (AvgIpc) is 2.15. The Morgan fingerprint density at radius 2 is 2.20 bits per heavy atom. The number of nitrogens with zero attached hydrogens (tertiary/aromatic N) is 1. The molecule has 15 heavy (non-hydrogen) atoms. The molecule has 0 fully saturated rings. The van der Waals surface area contributed by atoms with Crippen molar-refractivity contribution in [3.05, 3.63) is 12.0 Å². The van der Waals surface area contributed by atoms with E-state index in [2.05, 4.69) is 4.74 Å². The fourth-order valence-corrected chi connectivity index (χ4v) is 1.06. The number of carbonyl (C=O) groups is 1. The molecule has 0 aromatic carbocycles. The Morgan fingerprint density at radius 3 is 2.73 bits per heavy atom. The third-order valence-corrected chi connectivity index (χ3v) is 1.77. The molecule has 0 unspecified atom stereocenters. The number of alkyl halides is 3. The Kier molecular flexibility index (Phi) is 3.57. The number of halogens is 3. The standard InChI is InChI=1S/C8H10F3NO3/c9-8(10,11)4-15-7-3-12(5-13)2-1-6(7)14/h3,13H,1-2,4-5H2. The lowest BCUT2D eigenvalue weighted by molar-refractivity contribution is -0.167. The highest BCUT2D eigenvalue weighted by molar-refractivity contribution is 5.94. The van der Waals surface area contributed by atoms with Crippen molar-refractivity contribution >= 4 is 5.78 Å². The van der Waals surface area contributed by atoms with Crippen LogP contribution in [0.3, 0.4) is 0 Å². The molecule has 0 spiro atoms. The first-order valence-corrected chi connectivity index (χ1v) is 4.22. The van der Waals surface area contributed by atoms with E-state index < -0.39 is 18.6 Å². The third-order valence-electron chi connectivity index (χ3n) is 1.77. The van der Waals surface area contributed by atoms with E-state index in [0.29, 0.717) is 0 Å². The summed E-state index contributed by atoms with van der Waals surface area (Å²) in [7, 11) is 0. The van der Waals surface area contributed by atoms with E-state index in [-0.39, 0.29) is 25.5 Å². The van der Waals surface area contributed by atoms with E-state index in [1.807, 2.05) is 0 Å². The molecule has 4 nitrogen and oxygen atoms in total. The van der Waals surface area contributed by atoms with Crippen molar-refractivity contribution in [2.24, 2.45) is 0 Å². The first-order chi connectivity index (χ1) is 6.92. The lowest BCUT2D eigenvalue weighted by Gasteiger charge is -2.23. The zero-order chi connectivity index (χ0) is 11.5. The van der Waals surface area contributed by atoms with Crippen LogP contribution in [0, 0.1) is 0 Å². The number of Topliss-reactive ketones (excluding diaryl/α,β-unsaturated/α-hetero) is 1. The fourth-order valence-electron chi connectivity index (χ4n) is 1.06. The summed E-state index contributed by atoms with van der Waals surface area (Å²) in [5.74, 6) is -0.837. The van der Waals surface area contributed by atoms with Crippen molar-refractivity contribution in [1.82, 2.24) is 4.90 Å². The maximum atomic E-state index is 11.8. The van der Waals surface area contributed by atoms with Crippen molar-refractivity contribution in [3.63, 3.8) is 0 Å². The molecule has 1 heterocycles. The molecule has 0 atom stereocenters. The van der Waals surface area contributed by atoms with Crippen LogP contribution in [0.4, 0.5) is 13.2 Å². The molecule has 86 valence electrons. The van der Waals surface area contributed by atoms with Crippen LogP contribution in [0.15, 0.2) is 12.0 Å². The first-order valence-electron chi connectivity index (χ1n) is 4.22. The molecule has 0 aromatic rings. The highest BCUT2D eigenvalue weighted by Gasteiger charge is 2.30. The van der Waals surface area contributed by atoms with Crippen LogP contribution < -0.4 is 0 Å². The molecule has 0 amide bonds. The predicted octanol–water partition coefficient (Wildman–Crippen LogP) is 0.631. The number of ether oxygens (including phenoxy) is 1. The molecule has 0 aromatic heterocycles. The Labute approximate surface area is 83.9 Å². The van der Waals surface area contributed by atoms with Crippen LogP contribution in [-0.2, 0) is 9.53 Å². The van der Waals surface area contributed by atoms with Gasteiger partial charge in [0.25, 0.3) is 0 Å². The van der Waals surface area contributed by atoms with Gasteiger partial charge < -0.3 is 14.7 Å². The summed E-state index contributed by atoms with van der Waals surface area (Å²) in [6.07, 6.45) is -3.33. The van der Waals surface area contributed by atoms with Gasteiger partial charge in [-0.25, -0.2) is 0 Å². The Balaban J connectivity index is 2.58. The number of rotatable bonds is 3. The summed E-state index contributed by atoms with van der Waals surface area (Å²) < 4.78 is 39.7. The summed E-state index contributed by atoms with van der Waals surface area (Å²) in [5.41, 5.74) is 0. The summed E-state index contributed by atoms with van der Waals surface area (Å²) in [6, 6.07) is 0. The first kappa shape index (κ1) is 11.8. The molecule has 0 saturated heterocycles. The van der Waals surface area contributed by atoms with Crippen LogP contribution in [-0.4, -0.2) is 41.8 Å². The quantitative estimate of drug-likeness (QED) is 0.765. The largest absolute Gasteiger partial charge is 0.479 e. The van der Waals surface area contributed by atoms with Gasteiger partial charge in [0.05, 0.1) is 0 Å². The summed E-state index contributed by atoms with van der Waals surface area (Å²) in [4.78, 5) is 12.4. The molecule has 0 saturated carbocycles. The summed E-state index contributed by atoms with van der Waals surface area (Å²) in [5, 5.41) is 8.72. The number of hydrogen-bond acceptors (Lipinski definition) is 4. The second-order valence-corrected chi connectivity index (χ2v) is 3.02. The van der Waals surface area contributed by atoms with E-state index in [1.165, 1.54) is 4.90 Å². The van der Waals surface area contributed by atoms with E-state index in [0.717, 1.165) is 6.20 Å². The lowest BCUT2D eigenvalue weighted by Crippen LogP contribution is -2.30.